The first-order chi connectivity index (χ1) is 7.41. The highest BCUT2D eigenvalue weighted by Gasteiger charge is 2.53. The molecule has 1 aromatic heterocycles. The lowest BCUT2D eigenvalue weighted by molar-refractivity contribution is 0.179. The molecule has 0 aromatic carbocycles. The van der Waals surface area contributed by atoms with Crippen molar-refractivity contribution in [3.63, 3.8) is 0 Å². The molecule has 0 radical (unpaired) electrons. The number of nitrogens with zero attached hydrogens (tertiary/aromatic N) is 6. The van der Waals surface area contributed by atoms with Crippen molar-refractivity contribution in [2.24, 2.45) is 0 Å². The third kappa shape index (κ3) is 2.32. The lowest BCUT2D eigenvalue weighted by Crippen LogP contribution is -2.41. The average Bonchev–Trinajstić information content (AvgIpc) is 2.64. The maximum Gasteiger partial charge on any atom is 0.449 e. The molecule has 0 N–H and O–H groups in total. The van der Waals surface area contributed by atoms with Gasteiger partial charge in [-0.05, 0) is 10.1 Å². The minimum Gasteiger partial charge on any atom is -0.184 e. The first-order valence-electron chi connectivity index (χ1n) is 4.90. The Balaban J connectivity index is 3.02. The van der Waals surface area contributed by atoms with Crippen LogP contribution in [0.2, 0.25) is 0 Å². The van der Waals surface area contributed by atoms with Crippen LogP contribution in [0.3, 0.4) is 0 Å². The van der Waals surface area contributed by atoms with Gasteiger partial charge in [0, 0.05) is 42.3 Å². The molecule has 8 heteroatoms. The standard InChI is InChI=1S/C8H20N6OP/c1-11(2)16(12(3)4,13(5)6)15-14-8-7-9-10-14/h7-8H,1-6H3/q+1. The molecule has 0 fully saturated rings. The van der Waals surface area contributed by atoms with Crippen molar-refractivity contribution in [2.45, 2.75) is 0 Å². The van der Waals surface area contributed by atoms with Gasteiger partial charge in [0.25, 0.3) is 0 Å². The van der Waals surface area contributed by atoms with Gasteiger partial charge in [0.1, 0.15) is 0 Å². The molecule has 92 valence electrons. The Kier molecular flexibility index (Phi) is 4.21. The smallest absolute Gasteiger partial charge is 0.184 e. The van der Waals surface area contributed by atoms with Crippen LogP contribution in [0.5, 0.6) is 0 Å². The van der Waals surface area contributed by atoms with E-state index in [-0.39, 0.29) is 0 Å². The van der Waals surface area contributed by atoms with E-state index in [1.54, 1.807) is 12.4 Å². The molecular weight excluding hydrogens is 227 g/mol. The molecule has 1 heterocycles. The zero-order valence-corrected chi connectivity index (χ0v) is 11.6. The van der Waals surface area contributed by atoms with Crippen molar-refractivity contribution in [2.75, 3.05) is 42.3 Å². The fourth-order valence-corrected chi connectivity index (χ4v) is 4.54. The number of rotatable bonds is 5. The molecule has 0 spiro atoms. The molecule has 0 saturated carbocycles. The first kappa shape index (κ1) is 13.3. The van der Waals surface area contributed by atoms with E-state index in [0.717, 1.165) is 0 Å². The molecule has 0 aliphatic heterocycles. The quantitative estimate of drug-likeness (QED) is 0.686. The van der Waals surface area contributed by atoms with Gasteiger partial charge in [0.2, 0.25) is 0 Å². The fraction of sp³-hybridized carbons (Fsp3) is 0.750. The normalized spacial score (nSPS) is 12.8. The summed E-state index contributed by atoms with van der Waals surface area (Å²) in [6.07, 6.45) is 3.28. The van der Waals surface area contributed by atoms with Crippen LogP contribution < -0.4 is 4.62 Å². The summed E-state index contributed by atoms with van der Waals surface area (Å²) in [5, 5.41) is 7.58. The van der Waals surface area contributed by atoms with Crippen LogP contribution in [0.1, 0.15) is 0 Å². The third-order valence-electron chi connectivity index (χ3n) is 2.16. The van der Waals surface area contributed by atoms with E-state index in [4.69, 9.17) is 4.62 Å². The fourth-order valence-electron chi connectivity index (χ4n) is 1.65. The van der Waals surface area contributed by atoms with Gasteiger partial charge < -0.3 is 0 Å². The molecule has 1 rings (SSSR count). The highest BCUT2D eigenvalue weighted by molar-refractivity contribution is 7.64. The second-order valence-electron chi connectivity index (χ2n) is 3.94. The zero-order chi connectivity index (χ0) is 12.3. The summed E-state index contributed by atoms with van der Waals surface area (Å²) in [6, 6.07) is 0. The molecule has 0 bridgehead atoms. The van der Waals surface area contributed by atoms with E-state index in [9.17, 15) is 0 Å². The number of hydrogen-bond donors (Lipinski definition) is 0. The van der Waals surface area contributed by atoms with Crippen molar-refractivity contribution in [3.8, 4) is 0 Å². The van der Waals surface area contributed by atoms with E-state index in [0.29, 0.717) is 0 Å². The Labute approximate surface area is 97.1 Å². The SMILES string of the molecule is CN(C)[P+](On1ccnn1)(N(C)C)N(C)C. The summed E-state index contributed by atoms with van der Waals surface area (Å²) in [5.74, 6) is 0. The van der Waals surface area contributed by atoms with Crippen LogP contribution in [0.4, 0.5) is 0 Å². The van der Waals surface area contributed by atoms with Gasteiger partial charge in [-0.1, -0.05) is 0 Å². The Morgan fingerprint density at radius 3 is 1.81 bits per heavy atom. The molecule has 1 aromatic rings. The predicted molar refractivity (Wildman–Crippen MR) is 64.6 cm³/mol. The molecule has 0 amide bonds. The minimum absolute atomic E-state index is 1.40. The minimum atomic E-state index is -2.04. The van der Waals surface area contributed by atoms with Gasteiger partial charge in [-0.15, -0.1) is 19.1 Å². The first-order valence-corrected chi connectivity index (χ1v) is 6.46. The Bertz CT molecular complexity index is 291. The molecule has 0 aliphatic rings. The van der Waals surface area contributed by atoms with Crippen molar-refractivity contribution >= 4 is 7.94 Å². The average molecular weight is 247 g/mol. The van der Waals surface area contributed by atoms with E-state index in [1.165, 1.54) is 4.85 Å². The third-order valence-corrected chi connectivity index (χ3v) is 5.67. The summed E-state index contributed by atoms with van der Waals surface area (Å²) in [6.45, 7) is 0. The van der Waals surface area contributed by atoms with Gasteiger partial charge in [0.05, 0.1) is 12.4 Å². The van der Waals surface area contributed by atoms with Crippen molar-refractivity contribution in [1.82, 2.24) is 29.2 Å². The van der Waals surface area contributed by atoms with Crippen molar-refractivity contribution in [1.29, 1.82) is 0 Å². The molecule has 0 unspecified atom stereocenters. The predicted octanol–water partition coefficient (Wildman–Crippen LogP) is 0.0691. The van der Waals surface area contributed by atoms with Crippen LogP contribution in [0.25, 0.3) is 0 Å². The van der Waals surface area contributed by atoms with Crippen LogP contribution in [-0.2, 0) is 0 Å². The largest absolute Gasteiger partial charge is 0.449 e. The molecular formula is C8H20N6OP+. The summed E-state index contributed by atoms with van der Waals surface area (Å²) in [5.41, 5.74) is 0. The van der Waals surface area contributed by atoms with Crippen LogP contribution in [0, 0.1) is 0 Å². The zero-order valence-electron chi connectivity index (χ0n) is 10.7. The second-order valence-corrected chi connectivity index (χ2v) is 7.53. The van der Waals surface area contributed by atoms with Gasteiger partial charge in [0.15, 0.2) is 0 Å². The highest BCUT2D eigenvalue weighted by atomic mass is 31.2. The summed E-state index contributed by atoms with van der Waals surface area (Å²) in [4.78, 5) is 1.40. The summed E-state index contributed by atoms with van der Waals surface area (Å²) in [7, 11) is 9.90. The molecule has 0 aliphatic carbocycles. The Morgan fingerprint density at radius 2 is 1.50 bits per heavy atom. The van der Waals surface area contributed by atoms with Crippen molar-refractivity contribution < 1.29 is 4.62 Å². The molecule has 7 nitrogen and oxygen atoms in total. The number of aromatic nitrogens is 3. The van der Waals surface area contributed by atoms with Crippen molar-refractivity contribution in [3.05, 3.63) is 12.4 Å². The van der Waals surface area contributed by atoms with E-state index in [1.807, 2.05) is 42.3 Å². The highest BCUT2D eigenvalue weighted by Crippen LogP contribution is 2.61. The topological polar surface area (TPSA) is 49.7 Å². The Hall–Kier alpha value is -0.750. The maximum atomic E-state index is 5.96. The number of hydrogen-bond acceptors (Lipinski definition) is 6. The maximum absolute atomic E-state index is 5.96. The lowest BCUT2D eigenvalue weighted by Gasteiger charge is -2.35. The van der Waals surface area contributed by atoms with Gasteiger partial charge in [-0.2, -0.15) is 4.62 Å². The van der Waals surface area contributed by atoms with E-state index >= 15 is 0 Å². The molecule has 0 atom stereocenters. The molecule has 0 saturated heterocycles. The lowest BCUT2D eigenvalue weighted by atomic mass is 11.0. The second kappa shape index (κ2) is 5.05. The van der Waals surface area contributed by atoms with Gasteiger partial charge in [-0.25, -0.2) is 0 Å². The van der Waals surface area contributed by atoms with E-state index < -0.39 is 7.94 Å². The van der Waals surface area contributed by atoms with E-state index in [2.05, 4.69) is 24.3 Å². The van der Waals surface area contributed by atoms with Gasteiger partial charge >= 0.3 is 7.94 Å². The summed E-state index contributed by atoms with van der Waals surface area (Å²) < 4.78 is 12.2. The summed E-state index contributed by atoms with van der Waals surface area (Å²) >= 11 is 0. The van der Waals surface area contributed by atoms with Crippen LogP contribution >= 0.6 is 7.94 Å². The van der Waals surface area contributed by atoms with Gasteiger partial charge in [-0.3, -0.25) is 0 Å². The molecule has 16 heavy (non-hydrogen) atoms. The van der Waals surface area contributed by atoms with Crippen LogP contribution in [0.15, 0.2) is 12.4 Å². The van der Waals surface area contributed by atoms with Crippen LogP contribution in [-0.4, -0.2) is 71.5 Å². The monoisotopic (exact) mass is 247 g/mol. The Morgan fingerprint density at radius 1 is 1.00 bits per heavy atom.